The van der Waals surface area contributed by atoms with Crippen molar-refractivity contribution in [3.05, 3.63) is 35.9 Å². The molecule has 1 atom stereocenters. The molecule has 0 aliphatic heterocycles. The molecule has 5 nitrogen and oxygen atoms in total. The minimum atomic E-state index is -0.521. The lowest BCUT2D eigenvalue weighted by Crippen LogP contribution is -2.02. The molecule has 2 heterocycles. The first kappa shape index (κ1) is 12.8. The zero-order valence-corrected chi connectivity index (χ0v) is 11.1. The maximum absolute atomic E-state index is 10.2. The van der Waals surface area contributed by atoms with Gasteiger partial charge in [-0.25, -0.2) is 0 Å². The molecule has 98 valence electrons. The summed E-state index contributed by atoms with van der Waals surface area (Å²) in [5, 5.41) is 18.6. The lowest BCUT2D eigenvalue weighted by atomic mass is 10.1. The van der Waals surface area contributed by atoms with Crippen LogP contribution in [-0.2, 0) is 13.0 Å². The number of nitrogens with zero attached hydrogens (tertiary/aromatic N) is 4. The molecule has 5 heteroatoms. The first-order valence-electron chi connectivity index (χ1n) is 6.33. The van der Waals surface area contributed by atoms with Crippen LogP contribution in [0.2, 0.25) is 0 Å². The van der Waals surface area contributed by atoms with Gasteiger partial charge in [-0.3, -0.25) is 9.36 Å². The van der Waals surface area contributed by atoms with Crippen LogP contribution < -0.4 is 0 Å². The van der Waals surface area contributed by atoms with Gasteiger partial charge in [0, 0.05) is 37.0 Å². The third-order valence-corrected chi connectivity index (χ3v) is 2.98. The second-order valence-electron chi connectivity index (χ2n) is 4.77. The van der Waals surface area contributed by atoms with Gasteiger partial charge in [-0.05, 0) is 26.3 Å². The van der Waals surface area contributed by atoms with Crippen molar-refractivity contribution < 1.29 is 5.11 Å². The van der Waals surface area contributed by atoms with Crippen molar-refractivity contribution in [2.45, 2.75) is 45.9 Å². The van der Waals surface area contributed by atoms with E-state index in [0.717, 1.165) is 17.7 Å². The number of aliphatic hydroxyl groups excluding tert-OH is 1. The van der Waals surface area contributed by atoms with Crippen molar-refractivity contribution in [1.82, 2.24) is 19.6 Å². The quantitative estimate of drug-likeness (QED) is 0.880. The monoisotopic (exact) mass is 248 g/mol. The van der Waals surface area contributed by atoms with E-state index in [1.165, 1.54) is 0 Å². The van der Waals surface area contributed by atoms with Crippen molar-refractivity contribution in [1.29, 1.82) is 0 Å². The summed E-state index contributed by atoms with van der Waals surface area (Å²) < 4.78 is 3.72. The molecule has 1 N–H and O–H groups in total. The van der Waals surface area contributed by atoms with Gasteiger partial charge in [0.1, 0.15) is 0 Å². The van der Waals surface area contributed by atoms with E-state index in [0.29, 0.717) is 12.5 Å². The molecule has 0 bridgehead atoms. The van der Waals surface area contributed by atoms with Crippen LogP contribution in [0.4, 0.5) is 0 Å². The number of aryl methyl sites for hydroxylation is 1. The van der Waals surface area contributed by atoms with Crippen molar-refractivity contribution in [3.8, 4) is 0 Å². The van der Waals surface area contributed by atoms with Gasteiger partial charge >= 0.3 is 0 Å². The molecule has 0 aromatic carbocycles. The molecule has 0 saturated heterocycles. The van der Waals surface area contributed by atoms with E-state index in [2.05, 4.69) is 24.0 Å². The molecule has 0 aliphatic rings. The summed E-state index contributed by atoms with van der Waals surface area (Å²) >= 11 is 0. The van der Waals surface area contributed by atoms with Gasteiger partial charge in [0.15, 0.2) is 0 Å². The summed E-state index contributed by atoms with van der Waals surface area (Å²) in [5.41, 5.74) is 1.90. The van der Waals surface area contributed by atoms with Crippen molar-refractivity contribution in [2.24, 2.45) is 0 Å². The van der Waals surface area contributed by atoms with Gasteiger partial charge in [-0.1, -0.05) is 0 Å². The summed E-state index contributed by atoms with van der Waals surface area (Å²) in [7, 11) is 0. The van der Waals surface area contributed by atoms with Crippen LogP contribution >= 0.6 is 0 Å². The molecular weight excluding hydrogens is 228 g/mol. The van der Waals surface area contributed by atoms with Gasteiger partial charge in [0.25, 0.3) is 0 Å². The standard InChI is InChI=1S/C13H20N4O/c1-4-16-8-11(6-14-16)5-13(18)12-7-15-17(9-12)10(2)3/h6-10,13,18H,4-5H2,1-3H3. The zero-order valence-electron chi connectivity index (χ0n) is 11.1. The van der Waals surface area contributed by atoms with E-state index >= 15 is 0 Å². The highest BCUT2D eigenvalue weighted by atomic mass is 16.3. The second-order valence-corrected chi connectivity index (χ2v) is 4.77. The predicted octanol–water partition coefficient (Wildman–Crippen LogP) is 1.96. The summed E-state index contributed by atoms with van der Waals surface area (Å²) in [6.07, 6.45) is 7.46. The summed E-state index contributed by atoms with van der Waals surface area (Å²) in [4.78, 5) is 0. The zero-order chi connectivity index (χ0) is 13.1. The molecule has 0 fully saturated rings. The summed E-state index contributed by atoms with van der Waals surface area (Å²) in [5.74, 6) is 0. The van der Waals surface area contributed by atoms with Crippen LogP contribution in [0.25, 0.3) is 0 Å². The van der Waals surface area contributed by atoms with Gasteiger partial charge in [-0.15, -0.1) is 0 Å². The van der Waals surface area contributed by atoms with E-state index in [1.807, 2.05) is 28.7 Å². The highest BCUT2D eigenvalue weighted by Crippen LogP contribution is 2.18. The minimum absolute atomic E-state index is 0.314. The molecule has 1 unspecified atom stereocenters. The highest BCUT2D eigenvalue weighted by molar-refractivity contribution is 5.14. The van der Waals surface area contributed by atoms with E-state index < -0.39 is 6.10 Å². The summed E-state index contributed by atoms with van der Waals surface area (Å²) in [6, 6.07) is 0.314. The molecule has 2 aromatic rings. The number of hydrogen-bond donors (Lipinski definition) is 1. The van der Waals surface area contributed by atoms with Crippen LogP contribution in [0.3, 0.4) is 0 Å². The Morgan fingerprint density at radius 3 is 2.56 bits per heavy atom. The first-order chi connectivity index (χ1) is 8.60. The molecular formula is C13H20N4O. The van der Waals surface area contributed by atoms with E-state index in [9.17, 15) is 5.11 Å². The number of aliphatic hydroxyl groups is 1. The van der Waals surface area contributed by atoms with Crippen LogP contribution in [-0.4, -0.2) is 24.7 Å². The minimum Gasteiger partial charge on any atom is -0.388 e. The van der Waals surface area contributed by atoms with Crippen LogP contribution in [0.1, 0.15) is 44.0 Å². The fraction of sp³-hybridized carbons (Fsp3) is 0.538. The van der Waals surface area contributed by atoms with Crippen molar-refractivity contribution >= 4 is 0 Å². The molecule has 0 amide bonds. The highest BCUT2D eigenvalue weighted by Gasteiger charge is 2.13. The molecule has 2 aromatic heterocycles. The normalized spacial score (nSPS) is 13.2. The van der Waals surface area contributed by atoms with Gasteiger partial charge < -0.3 is 5.11 Å². The maximum atomic E-state index is 10.2. The largest absolute Gasteiger partial charge is 0.388 e. The smallest absolute Gasteiger partial charge is 0.0861 e. The molecule has 0 radical (unpaired) electrons. The molecule has 2 rings (SSSR count). The van der Waals surface area contributed by atoms with Crippen LogP contribution in [0, 0.1) is 0 Å². The average molecular weight is 248 g/mol. The predicted molar refractivity (Wildman–Crippen MR) is 69.2 cm³/mol. The van der Waals surface area contributed by atoms with Crippen LogP contribution in [0.5, 0.6) is 0 Å². The third kappa shape index (κ3) is 2.79. The fourth-order valence-corrected chi connectivity index (χ4v) is 1.83. The number of hydrogen-bond acceptors (Lipinski definition) is 3. The fourth-order valence-electron chi connectivity index (χ4n) is 1.83. The Labute approximate surface area is 107 Å². The third-order valence-electron chi connectivity index (χ3n) is 2.98. The van der Waals surface area contributed by atoms with Gasteiger partial charge in [-0.2, -0.15) is 10.2 Å². The number of rotatable bonds is 5. The van der Waals surface area contributed by atoms with Crippen molar-refractivity contribution in [3.63, 3.8) is 0 Å². The Kier molecular flexibility index (Phi) is 3.81. The lowest BCUT2D eigenvalue weighted by Gasteiger charge is -2.07. The second kappa shape index (κ2) is 5.35. The Balaban J connectivity index is 2.04. The molecule has 0 spiro atoms. The van der Waals surface area contributed by atoms with E-state index in [4.69, 9.17) is 0 Å². The number of aromatic nitrogens is 4. The Hall–Kier alpha value is -1.62. The first-order valence-corrected chi connectivity index (χ1v) is 6.33. The molecule has 0 aliphatic carbocycles. The maximum Gasteiger partial charge on any atom is 0.0861 e. The Bertz CT molecular complexity index is 501. The Morgan fingerprint density at radius 2 is 2.00 bits per heavy atom. The summed E-state index contributed by atoms with van der Waals surface area (Å²) in [6.45, 7) is 7.02. The van der Waals surface area contributed by atoms with Crippen molar-refractivity contribution in [2.75, 3.05) is 0 Å². The van der Waals surface area contributed by atoms with E-state index in [-0.39, 0.29) is 0 Å². The average Bonchev–Trinajstić information content (AvgIpc) is 2.97. The van der Waals surface area contributed by atoms with Crippen LogP contribution in [0.15, 0.2) is 24.8 Å². The SMILES string of the molecule is CCn1cc(CC(O)c2cnn(C(C)C)c2)cn1. The lowest BCUT2D eigenvalue weighted by molar-refractivity contribution is 0.178. The topological polar surface area (TPSA) is 55.9 Å². The molecule has 18 heavy (non-hydrogen) atoms. The van der Waals surface area contributed by atoms with Gasteiger partial charge in [0.05, 0.1) is 18.5 Å². The molecule has 0 saturated carbocycles. The van der Waals surface area contributed by atoms with E-state index in [1.54, 1.807) is 12.4 Å². The van der Waals surface area contributed by atoms with Gasteiger partial charge in [0.2, 0.25) is 0 Å². The Morgan fingerprint density at radius 1 is 1.22 bits per heavy atom.